The maximum Gasteiger partial charge on any atom is 0.0801 e. The standard InChI is InChI=1S/C18H26N4OS/c19-14-8-9-18(20)22(11-14)12-15(23)10-21-24-17-7-3-5-13-4-1-2-6-16(13)17/h1-7,14-15,18,21,23H,8-12,19-20H2. The Morgan fingerprint density at radius 3 is 2.83 bits per heavy atom. The van der Waals surface area contributed by atoms with Gasteiger partial charge in [0.2, 0.25) is 0 Å². The number of nitrogens with one attached hydrogen (secondary N) is 1. The summed E-state index contributed by atoms with van der Waals surface area (Å²) in [6.07, 6.45) is 1.39. The van der Waals surface area contributed by atoms with Crippen molar-refractivity contribution >= 4 is 22.7 Å². The van der Waals surface area contributed by atoms with Crippen molar-refractivity contribution in [2.24, 2.45) is 11.5 Å². The summed E-state index contributed by atoms with van der Waals surface area (Å²) < 4.78 is 3.28. The van der Waals surface area contributed by atoms with Gasteiger partial charge in [0.05, 0.1) is 12.3 Å². The third kappa shape index (κ3) is 4.47. The number of aliphatic hydroxyl groups is 1. The average molecular weight is 347 g/mol. The van der Waals surface area contributed by atoms with Gasteiger partial charge in [-0.3, -0.25) is 9.62 Å². The first kappa shape index (κ1) is 17.7. The number of rotatable bonds is 6. The number of likely N-dealkylation sites (tertiary alicyclic amines) is 1. The van der Waals surface area contributed by atoms with E-state index in [9.17, 15) is 5.11 Å². The molecule has 1 aliphatic heterocycles. The molecule has 2 aromatic carbocycles. The van der Waals surface area contributed by atoms with Gasteiger partial charge in [0.25, 0.3) is 0 Å². The zero-order valence-electron chi connectivity index (χ0n) is 13.8. The number of piperidine rings is 1. The lowest BCUT2D eigenvalue weighted by atomic mass is 10.0. The highest BCUT2D eigenvalue weighted by Gasteiger charge is 2.25. The van der Waals surface area contributed by atoms with Gasteiger partial charge in [0.15, 0.2) is 0 Å². The Labute approximate surface area is 147 Å². The predicted octanol–water partition coefficient (Wildman–Crippen LogP) is 1.51. The van der Waals surface area contributed by atoms with Crippen LogP contribution in [0.3, 0.4) is 0 Å². The van der Waals surface area contributed by atoms with Crippen molar-refractivity contribution in [1.82, 2.24) is 9.62 Å². The van der Waals surface area contributed by atoms with Gasteiger partial charge in [-0.05, 0) is 41.6 Å². The van der Waals surface area contributed by atoms with Crippen LogP contribution in [0.2, 0.25) is 0 Å². The molecule has 3 unspecified atom stereocenters. The molecule has 3 atom stereocenters. The molecule has 5 nitrogen and oxygen atoms in total. The number of hydrogen-bond donors (Lipinski definition) is 4. The largest absolute Gasteiger partial charge is 0.390 e. The molecule has 0 aliphatic carbocycles. The molecule has 0 radical (unpaired) electrons. The Morgan fingerprint density at radius 1 is 1.17 bits per heavy atom. The van der Waals surface area contributed by atoms with Crippen molar-refractivity contribution in [2.75, 3.05) is 19.6 Å². The van der Waals surface area contributed by atoms with Crippen LogP contribution >= 0.6 is 11.9 Å². The Bertz CT molecular complexity index is 663. The van der Waals surface area contributed by atoms with Gasteiger partial charge in [-0.25, -0.2) is 0 Å². The molecule has 6 heteroatoms. The summed E-state index contributed by atoms with van der Waals surface area (Å²) in [7, 11) is 0. The van der Waals surface area contributed by atoms with E-state index in [4.69, 9.17) is 11.5 Å². The number of β-amino-alcohol motifs (C(OH)–C–C–N with tert-alkyl or cyclic N) is 1. The van der Waals surface area contributed by atoms with Gasteiger partial charge in [0.1, 0.15) is 0 Å². The molecule has 6 N–H and O–H groups in total. The van der Waals surface area contributed by atoms with Crippen molar-refractivity contribution in [1.29, 1.82) is 0 Å². The van der Waals surface area contributed by atoms with Gasteiger partial charge in [-0.15, -0.1) is 0 Å². The predicted molar refractivity (Wildman–Crippen MR) is 101 cm³/mol. The smallest absolute Gasteiger partial charge is 0.0801 e. The molecule has 1 fully saturated rings. The average Bonchev–Trinajstić information content (AvgIpc) is 2.58. The number of nitrogens with zero attached hydrogens (tertiary/aromatic N) is 1. The Kier molecular flexibility index (Phi) is 6.10. The molecular weight excluding hydrogens is 320 g/mol. The summed E-state index contributed by atoms with van der Waals surface area (Å²) in [5, 5.41) is 12.7. The summed E-state index contributed by atoms with van der Waals surface area (Å²) in [6.45, 7) is 1.82. The zero-order valence-corrected chi connectivity index (χ0v) is 14.6. The van der Waals surface area contributed by atoms with Crippen molar-refractivity contribution in [3.8, 4) is 0 Å². The number of nitrogens with two attached hydrogens (primary N) is 2. The molecule has 130 valence electrons. The van der Waals surface area contributed by atoms with E-state index in [0.717, 1.165) is 24.3 Å². The van der Waals surface area contributed by atoms with Crippen LogP contribution in [0.4, 0.5) is 0 Å². The topological polar surface area (TPSA) is 87.5 Å². The Hall–Kier alpha value is -1.15. The molecule has 0 bridgehead atoms. The lowest BCUT2D eigenvalue weighted by Gasteiger charge is -2.37. The molecule has 0 amide bonds. The summed E-state index contributed by atoms with van der Waals surface area (Å²) in [5.41, 5.74) is 12.1. The van der Waals surface area contributed by atoms with Crippen LogP contribution in [-0.4, -0.2) is 48.0 Å². The second-order valence-corrected chi connectivity index (χ2v) is 7.37. The molecule has 1 aliphatic rings. The molecule has 24 heavy (non-hydrogen) atoms. The van der Waals surface area contributed by atoms with Gasteiger partial charge >= 0.3 is 0 Å². The fraction of sp³-hybridized carbons (Fsp3) is 0.444. The highest BCUT2D eigenvalue weighted by Crippen LogP contribution is 2.25. The Morgan fingerprint density at radius 2 is 1.96 bits per heavy atom. The Balaban J connectivity index is 1.50. The van der Waals surface area contributed by atoms with E-state index in [1.54, 1.807) is 11.9 Å². The van der Waals surface area contributed by atoms with Crippen LogP contribution in [0.5, 0.6) is 0 Å². The first-order valence-corrected chi connectivity index (χ1v) is 9.26. The van der Waals surface area contributed by atoms with Crippen LogP contribution < -0.4 is 16.2 Å². The molecule has 3 rings (SSSR count). The number of fused-ring (bicyclic) bond motifs is 1. The molecular formula is C18H26N4OS. The van der Waals surface area contributed by atoms with Crippen LogP contribution in [0.25, 0.3) is 10.8 Å². The van der Waals surface area contributed by atoms with E-state index in [-0.39, 0.29) is 12.2 Å². The van der Waals surface area contributed by atoms with E-state index < -0.39 is 6.10 Å². The van der Waals surface area contributed by atoms with Gasteiger partial charge in [-0.2, -0.15) is 0 Å². The SMILES string of the molecule is NC1CCC(N)N(CC(O)CNSc2cccc3ccccc23)C1. The van der Waals surface area contributed by atoms with Crippen molar-refractivity contribution in [3.63, 3.8) is 0 Å². The first-order chi connectivity index (χ1) is 11.6. The molecule has 0 aromatic heterocycles. The van der Waals surface area contributed by atoms with Crippen molar-refractivity contribution in [2.45, 2.75) is 36.0 Å². The minimum Gasteiger partial charge on any atom is -0.390 e. The summed E-state index contributed by atoms with van der Waals surface area (Å²) in [4.78, 5) is 3.25. The van der Waals surface area contributed by atoms with Crippen molar-refractivity contribution in [3.05, 3.63) is 42.5 Å². The second-order valence-electron chi connectivity index (χ2n) is 6.44. The van der Waals surface area contributed by atoms with E-state index >= 15 is 0 Å². The molecule has 1 heterocycles. The fourth-order valence-corrected chi connectivity index (χ4v) is 4.01. The minimum absolute atomic E-state index is 0.00479. The van der Waals surface area contributed by atoms with Gasteiger partial charge in [-0.1, -0.05) is 36.4 Å². The molecule has 0 spiro atoms. The summed E-state index contributed by atoms with van der Waals surface area (Å²) in [5.74, 6) is 0. The normalized spacial score (nSPS) is 23.5. The van der Waals surface area contributed by atoms with Crippen LogP contribution in [0.1, 0.15) is 12.8 Å². The monoisotopic (exact) mass is 346 g/mol. The quantitative estimate of drug-likeness (QED) is 0.593. The van der Waals surface area contributed by atoms with E-state index in [1.807, 2.05) is 12.1 Å². The van der Waals surface area contributed by atoms with E-state index in [1.165, 1.54) is 10.8 Å². The summed E-state index contributed by atoms with van der Waals surface area (Å²) >= 11 is 1.56. The number of benzene rings is 2. The number of aliphatic hydroxyl groups excluding tert-OH is 1. The van der Waals surface area contributed by atoms with Crippen LogP contribution in [-0.2, 0) is 0 Å². The molecule has 0 saturated carbocycles. The van der Waals surface area contributed by atoms with Crippen molar-refractivity contribution < 1.29 is 5.11 Å². The highest BCUT2D eigenvalue weighted by atomic mass is 32.2. The lowest BCUT2D eigenvalue weighted by molar-refractivity contribution is 0.0658. The maximum absolute atomic E-state index is 10.3. The summed E-state index contributed by atoms with van der Waals surface area (Å²) in [6, 6.07) is 14.7. The highest BCUT2D eigenvalue weighted by molar-refractivity contribution is 7.97. The fourth-order valence-electron chi connectivity index (χ4n) is 3.14. The van der Waals surface area contributed by atoms with E-state index in [0.29, 0.717) is 13.1 Å². The third-order valence-electron chi connectivity index (χ3n) is 4.47. The zero-order chi connectivity index (χ0) is 16.9. The van der Waals surface area contributed by atoms with Gasteiger partial charge in [0, 0.05) is 30.6 Å². The van der Waals surface area contributed by atoms with Crippen LogP contribution in [0.15, 0.2) is 47.4 Å². The van der Waals surface area contributed by atoms with Crippen LogP contribution in [0, 0.1) is 0 Å². The lowest BCUT2D eigenvalue weighted by Crippen LogP contribution is -2.55. The van der Waals surface area contributed by atoms with Gasteiger partial charge < -0.3 is 16.6 Å². The number of hydrogen-bond acceptors (Lipinski definition) is 6. The third-order valence-corrected chi connectivity index (χ3v) is 5.35. The van der Waals surface area contributed by atoms with E-state index in [2.05, 4.69) is 40.0 Å². The second kappa shape index (κ2) is 8.29. The maximum atomic E-state index is 10.3. The first-order valence-electron chi connectivity index (χ1n) is 8.44. The molecule has 2 aromatic rings. The minimum atomic E-state index is -0.469. The molecule has 1 saturated heterocycles.